The molecule has 1 aromatic carbocycles. The third-order valence-electron chi connectivity index (χ3n) is 6.58. The van der Waals surface area contributed by atoms with E-state index in [9.17, 15) is 9.18 Å². The standard InChI is InChI=1S/C21H29FN2O3.ClH/c1-3-26-17-6-10-21(2,11-7-17)23-12-8-16(9-13-23)24-18-14-15(22)4-5-19(18)27-20(24)25;/h4-5,14,16-17H,3,6-13H2,1-2H3;1H/t17-,21-;. The molecule has 0 amide bonds. The Balaban J connectivity index is 0.00000225. The lowest BCUT2D eigenvalue weighted by Crippen LogP contribution is -2.52. The summed E-state index contributed by atoms with van der Waals surface area (Å²) in [6, 6.07) is 4.34. The Bertz CT molecular complexity index is 849. The van der Waals surface area contributed by atoms with Crippen molar-refractivity contribution < 1.29 is 13.5 Å². The number of nitrogens with zero attached hydrogens (tertiary/aromatic N) is 2. The molecule has 2 heterocycles. The Kier molecular flexibility index (Phi) is 6.52. The molecule has 28 heavy (non-hydrogen) atoms. The maximum atomic E-state index is 13.7. The van der Waals surface area contributed by atoms with Gasteiger partial charge in [0, 0.05) is 37.3 Å². The van der Waals surface area contributed by atoms with Crippen LogP contribution in [0.2, 0.25) is 0 Å². The third-order valence-corrected chi connectivity index (χ3v) is 6.58. The number of fused-ring (bicyclic) bond motifs is 1. The van der Waals surface area contributed by atoms with E-state index in [2.05, 4.69) is 18.7 Å². The number of aromatic nitrogens is 1. The fraction of sp³-hybridized carbons (Fsp3) is 0.667. The molecule has 0 N–H and O–H groups in total. The van der Waals surface area contributed by atoms with Crippen LogP contribution in [0.15, 0.2) is 27.4 Å². The van der Waals surface area contributed by atoms with Crippen molar-refractivity contribution in [3.05, 3.63) is 34.6 Å². The lowest BCUT2D eigenvalue weighted by Gasteiger charge is -2.48. The molecule has 5 nitrogen and oxygen atoms in total. The van der Waals surface area contributed by atoms with Gasteiger partial charge >= 0.3 is 5.76 Å². The quantitative estimate of drug-likeness (QED) is 0.740. The second kappa shape index (κ2) is 8.56. The summed E-state index contributed by atoms with van der Waals surface area (Å²) < 4.78 is 26.4. The highest BCUT2D eigenvalue weighted by Crippen LogP contribution is 2.38. The molecule has 1 saturated heterocycles. The first kappa shape index (κ1) is 21.3. The first-order valence-corrected chi connectivity index (χ1v) is 10.2. The molecule has 1 aliphatic carbocycles. The van der Waals surface area contributed by atoms with Gasteiger partial charge in [0.15, 0.2) is 5.58 Å². The number of ether oxygens (including phenoxy) is 1. The Morgan fingerprint density at radius 2 is 1.89 bits per heavy atom. The maximum absolute atomic E-state index is 13.7. The molecular weight excluding hydrogens is 383 g/mol. The molecule has 0 bridgehead atoms. The first-order valence-electron chi connectivity index (χ1n) is 10.2. The summed E-state index contributed by atoms with van der Waals surface area (Å²) >= 11 is 0. The van der Waals surface area contributed by atoms with Crippen molar-refractivity contribution in [2.24, 2.45) is 0 Å². The first-order chi connectivity index (χ1) is 13.0. The van der Waals surface area contributed by atoms with Gasteiger partial charge in [0.2, 0.25) is 0 Å². The van der Waals surface area contributed by atoms with Gasteiger partial charge in [-0.25, -0.2) is 9.18 Å². The van der Waals surface area contributed by atoms with Crippen molar-refractivity contribution in [3.8, 4) is 0 Å². The van der Waals surface area contributed by atoms with E-state index in [4.69, 9.17) is 9.15 Å². The number of oxazole rings is 1. The SMILES string of the molecule is CCO[C@H]1CC[C@](C)(N2CCC(n3c(=O)oc4ccc(F)cc43)CC2)CC1.Cl. The fourth-order valence-electron chi connectivity index (χ4n) is 4.95. The van der Waals surface area contributed by atoms with Gasteiger partial charge in [-0.3, -0.25) is 9.47 Å². The minimum Gasteiger partial charge on any atom is -0.408 e. The molecule has 2 aliphatic rings. The fourth-order valence-corrected chi connectivity index (χ4v) is 4.95. The van der Waals surface area contributed by atoms with Crippen molar-refractivity contribution in [1.82, 2.24) is 9.47 Å². The lowest BCUT2D eigenvalue weighted by molar-refractivity contribution is -0.0274. The van der Waals surface area contributed by atoms with E-state index in [1.165, 1.54) is 18.2 Å². The summed E-state index contributed by atoms with van der Waals surface area (Å²) in [5, 5.41) is 0. The van der Waals surface area contributed by atoms with Crippen LogP contribution >= 0.6 is 12.4 Å². The van der Waals surface area contributed by atoms with E-state index in [-0.39, 0.29) is 35.6 Å². The Morgan fingerprint density at radius 3 is 2.54 bits per heavy atom. The molecule has 0 unspecified atom stereocenters. The Hall–Kier alpha value is -1.37. The molecule has 1 aromatic heterocycles. The molecule has 1 saturated carbocycles. The number of likely N-dealkylation sites (tertiary alicyclic amines) is 1. The summed E-state index contributed by atoms with van der Waals surface area (Å²) in [5.74, 6) is -0.717. The zero-order valence-corrected chi connectivity index (χ0v) is 17.5. The molecule has 2 aromatic rings. The highest BCUT2D eigenvalue weighted by atomic mass is 35.5. The predicted molar refractivity (Wildman–Crippen MR) is 110 cm³/mol. The average molecular weight is 413 g/mol. The lowest BCUT2D eigenvalue weighted by atomic mass is 9.79. The maximum Gasteiger partial charge on any atom is 0.420 e. The summed E-state index contributed by atoms with van der Waals surface area (Å²) in [4.78, 5) is 14.9. The summed E-state index contributed by atoms with van der Waals surface area (Å²) in [5.41, 5.74) is 1.25. The van der Waals surface area contributed by atoms with E-state index >= 15 is 0 Å². The average Bonchev–Trinajstić information content (AvgIpc) is 2.99. The molecule has 1 aliphatic heterocycles. The highest BCUT2D eigenvalue weighted by molar-refractivity contribution is 5.85. The molecule has 156 valence electrons. The number of hydrogen-bond acceptors (Lipinski definition) is 4. The highest BCUT2D eigenvalue weighted by Gasteiger charge is 2.38. The van der Waals surface area contributed by atoms with E-state index in [0.717, 1.165) is 58.2 Å². The summed E-state index contributed by atoms with van der Waals surface area (Å²) in [7, 11) is 0. The Morgan fingerprint density at radius 1 is 1.21 bits per heavy atom. The molecule has 0 radical (unpaired) electrons. The van der Waals surface area contributed by atoms with Crippen molar-refractivity contribution in [2.75, 3.05) is 19.7 Å². The second-order valence-electron chi connectivity index (χ2n) is 8.22. The molecular formula is C21H30ClFN2O3. The van der Waals surface area contributed by atoms with Crippen molar-refractivity contribution >= 4 is 23.5 Å². The largest absolute Gasteiger partial charge is 0.420 e. The zero-order chi connectivity index (χ0) is 19.0. The van der Waals surface area contributed by atoms with Gasteiger partial charge in [-0.1, -0.05) is 0 Å². The molecule has 0 atom stereocenters. The van der Waals surface area contributed by atoms with Gasteiger partial charge in [-0.15, -0.1) is 12.4 Å². The molecule has 7 heteroatoms. The topological polar surface area (TPSA) is 47.6 Å². The van der Waals surface area contributed by atoms with Gasteiger partial charge in [-0.05, 0) is 64.5 Å². The van der Waals surface area contributed by atoms with Crippen LogP contribution in [-0.2, 0) is 4.74 Å². The van der Waals surface area contributed by atoms with Crippen LogP contribution in [-0.4, -0.2) is 40.8 Å². The van der Waals surface area contributed by atoms with Crippen LogP contribution in [0.3, 0.4) is 0 Å². The molecule has 0 spiro atoms. The van der Waals surface area contributed by atoms with Gasteiger partial charge in [0.1, 0.15) is 5.82 Å². The van der Waals surface area contributed by atoms with Crippen molar-refractivity contribution in [3.63, 3.8) is 0 Å². The minimum atomic E-state index is -0.377. The predicted octanol–water partition coefficient (Wildman–Crippen LogP) is 4.53. The second-order valence-corrected chi connectivity index (χ2v) is 8.22. The molecule has 4 rings (SSSR count). The van der Waals surface area contributed by atoms with Crippen molar-refractivity contribution in [1.29, 1.82) is 0 Å². The zero-order valence-electron chi connectivity index (χ0n) is 16.7. The third kappa shape index (κ3) is 4.00. The van der Waals surface area contributed by atoms with E-state index in [1.54, 1.807) is 4.57 Å². The van der Waals surface area contributed by atoms with E-state index in [1.807, 2.05) is 0 Å². The minimum absolute atomic E-state index is 0. The number of piperidine rings is 1. The van der Waals surface area contributed by atoms with Crippen LogP contribution in [0.25, 0.3) is 11.1 Å². The van der Waals surface area contributed by atoms with Crippen molar-refractivity contribution in [2.45, 2.75) is 70.1 Å². The van der Waals surface area contributed by atoms with Crippen LogP contribution in [0, 0.1) is 5.82 Å². The van der Waals surface area contributed by atoms with Crippen LogP contribution in [0.4, 0.5) is 4.39 Å². The van der Waals surface area contributed by atoms with Gasteiger partial charge < -0.3 is 9.15 Å². The van der Waals surface area contributed by atoms with Gasteiger partial charge in [0.05, 0.1) is 11.6 Å². The van der Waals surface area contributed by atoms with Crippen LogP contribution in [0.5, 0.6) is 0 Å². The van der Waals surface area contributed by atoms with Gasteiger partial charge in [-0.2, -0.15) is 0 Å². The number of halogens is 2. The Labute approximate surface area is 171 Å². The number of hydrogen-bond donors (Lipinski definition) is 0. The normalized spacial score (nSPS) is 27.0. The van der Waals surface area contributed by atoms with E-state index in [0.29, 0.717) is 17.2 Å². The molecule has 2 fully saturated rings. The van der Waals surface area contributed by atoms with E-state index < -0.39 is 0 Å². The van der Waals surface area contributed by atoms with Gasteiger partial charge in [0.25, 0.3) is 0 Å². The summed E-state index contributed by atoms with van der Waals surface area (Å²) in [6.45, 7) is 7.13. The smallest absolute Gasteiger partial charge is 0.408 e. The number of benzene rings is 1. The summed E-state index contributed by atoms with van der Waals surface area (Å²) in [6.07, 6.45) is 6.73. The van der Waals surface area contributed by atoms with Crippen LogP contribution < -0.4 is 5.76 Å². The number of rotatable bonds is 4. The van der Waals surface area contributed by atoms with Crippen LogP contribution in [0.1, 0.15) is 58.4 Å². The monoisotopic (exact) mass is 412 g/mol.